The summed E-state index contributed by atoms with van der Waals surface area (Å²) in [6.07, 6.45) is -1.60. The molecule has 3 nitrogen and oxygen atoms in total. The Balaban J connectivity index is 2.24. The zero-order valence-electron chi connectivity index (χ0n) is 11.3. The van der Waals surface area contributed by atoms with Crippen molar-refractivity contribution >= 4 is 0 Å². The van der Waals surface area contributed by atoms with Gasteiger partial charge in [-0.2, -0.15) is 18.3 Å². The topological polar surface area (TPSA) is 29.9 Å². The van der Waals surface area contributed by atoms with Crippen molar-refractivity contribution in [3.63, 3.8) is 0 Å². The van der Waals surface area contributed by atoms with Crippen molar-refractivity contribution in [1.29, 1.82) is 0 Å². The number of halogens is 3. The molecule has 0 bridgehead atoms. The Hall–Kier alpha value is -1.82. The van der Waals surface area contributed by atoms with E-state index >= 15 is 0 Å². The van der Waals surface area contributed by atoms with Crippen LogP contribution in [0.4, 0.5) is 13.2 Å². The average Bonchev–Trinajstić information content (AvgIpc) is 2.90. The Morgan fingerprint density at radius 2 is 1.90 bits per heavy atom. The first kappa shape index (κ1) is 14.6. The molecule has 20 heavy (non-hydrogen) atoms. The largest absolute Gasteiger partial charge is 0.419 e. The molecular weight excluding hydrogens is 267 g/mol. The Kier molecular flexibility index (Phi) is 4.13. The van der Waals surface area contributed by atoms with Gasteiger partial charge in [-0.3, -0.25) is 0 Å². The molecule has 1 atom stereocenters. The zero-order chi connectivity index (χ0) is 14.8. The van der Waals surface area contributed by atoms with Crippen LogP contribution in [0.2, 0.25) is 0 Å². The summed E-state index contributed by atoms with van der Waals surface area (Å²) in [5.41, 5.74) is 0.959. The number of aromatic nitrogens is 2. The van der Waals surface area contributed by atoms with E-state index in [-0.39, 0.29) is 6.04 Å². The van der Waals surface area contributed by atoms with Gasteiger partial charge in [-0.15, -0.1) is 0 Å². The van der Waals surface area contributed by atoms with Crippen LogP contribution in [-0.2, 0) is 6.18 Å². The van der Waals surface area contributed by atoms with E-state index in [0.29, 0.717) is 5.69 Å². The number of hydrogen-bond acceptors (Lipinski definition) is 2. The molecule has 1 aromatic carbocycles. The lowest BCUT2D eigenvalue weighted by Gasteiger charge is -2.14. The first-order valence-electron chi connectivity index (χ1n) is 6.35. The van der Waals surface area contributed by atoms with Gasteiger partial charge in [0.25, 0.3) is 0 Å². The summed E-state index contributed by atoms with van der Waals surface area (Å²) >= 11 is 0. The number of nitrogens with one attached hydrogen (secondary N) is 1. The van der Waals surface area contributed by atoms with Crippen LogP contribution in [0.3, 0.4) is 0 Å². The summed E-state index contributed by atoms with van der Waals surface area (Å²) in [5.74, 6) is 0. The Bertz CT molecular complexity index is 554. The molecule has 0 fully saturated rings. The molecule has 0 aliphatic heterocycles. The minimum atomic E-state index is -4.36. The molecule has 1 aromatic heterocycles. The summed E-state index contributed by atoms with van der Waals surface area (Å²) in [5, 5.41) is 6.93. The molecule has 0 amide bonds. The number of alkyl halides is 3. The highest BCUT2D eigenvalue weighted by molar-refractivity contribution is 5.35. The fraction of sp³-hybridized carbons (Fsp3) is 0.357. The predicted octanol–water partition coefficient (Wildman–Crippen LogP) is 3.56. The normalized spacial score (nSPS) is 13.4. The molecule has 108 valence electrons. The maximum atomic E-state index is 12.5. The van der Waals surface area contributed by atoms with E-state index in [9.17, 15) is 13.2 Å². The summed E-state index contributed by atoms with van der Waals surface area (Å²) in [6.45, 7) is 2.07. The minimum absolute atomic E-state index is 0.243. The first-order valence-corrected chi connectivity index (χ1v) is 6.35. The molecule has 0 spiro atoms. The second-order valence-corrected chi connectivity index (χ2v) is 4.51. The lowest BCUT2D eigenvalue weighted by Crippen LogP contribution is -2.15. The van der Waals surface area contributed by atoms with Gasteiger partial charge in [0.1, 0.15) is 0 Å². The summed E-state index contributed by atoms with van der Waals surface area (Å²) in [7, 11) is 1.88. The minimum Gasteiger partial charge on any atom is -0.313 e. The van der Waals surface area contributed by atoms with E-state index in [2.05, 4.69) is 17.3 Å². The van der Waals surface area contributed by atoms with E-state index in [0.717, 1.165) is 24.4 Å². The molecule has 0 aliphatic carbocycles. The smallest absolute Gasteiger partial charge is 0.313 e. The quantitative estimate of drug-likeness (QED) is 0.929. The molecule has 0 saturated heterocycles. The highest BCUT2D eigenvalue weighted by atomic mass is 19.4. The van der Waals surface area contributed by atoms with Crippen molar-refractivity contribution in [3.8, 4) is 5.69 Å². The van der Waals surface area contributed by atoms with Gasteiger partial charge in [-0.25, -0.2) is 4.68 Å². The zero-order valence-corrected chi connectivity index (χ0v) is 11.3. The van der Waals surface area contributed by atoms with Gasteiger partial charge in [0.05, 0.1) is 17.4 Å². The van der Waals surface area contributed by atoms with E-state index < -0.39 is 11.7 Å². The monoisotopic (exact) mass is 283 g/mol. The average molecular weight is 283 g/mol. The van der Waals surface area contributed by atoms with Crippen LogP contribution >= 0.6 is 0 Å². The molecule has 0 radical (unpaired) electrons. The molecule has 1 unspecified atom stereocenters. The molecule has 1 heterocycles. The summed E-state index contributed by atoms with van der Waals surface area (Å²) < 4.78 is 38.8. The van der Waals surface area contributed by atoms with E-state index in [1.807, 2.05) is 19.2 Å². The summed E-state index contributed by atoms with van der Waals surface area (Å²) in [6, 6.07) is 7.57. The lowest BCUT2D eigenvalue weighted by molar-refractivity contribution is -0.137. The van der Waals surface area contributed by atoms with Crippen molar-refractivity contribution in [2.24, 2.45) is 0 Å². The molecule has 2 rings (SSSR count). The van der Waals surface area contributed by atoms with Gasteiger partial charge in [0.15, 0.2) is 0 Å². The molecule has 1 N–H and O–H groups in total. The van der Waals surface area contributed by atoms with Crippen LogP contribution in [0.25, 0.3) is 5.69 Å². The van der Waals surface area contributed by atoms with Gasteiger partial charge in [-0.05, 0) is 31.2 Å². The first-order chi connectivity index (χ1) is 9.45. The predicted molar refractivity (Wildman–Crippen MR) is 70.7 cm³/mol. The molecular formula is C14H16F3N3. The third-order valence-corrected chi connectivity index (χ3v) is 3.23. The molecule has 2 aromatic rings. The van der Waals surface area contributed by atoms with Crippen LogP contribution in [0.5, 0.6) is 0 Å². The Morgan fingerprint density at radius 3 is 2.35 bits per heavy atom. The van der Waals surface area contributed by atoms with Gasteiger partial charge in [0, 0.05) is 12.2 Å². The van der Waals surface area contributed by atoms with Gasteiger partial charge in [0.2, 0.25) is 0 Å². The van der Waals surface area contributed by atoms with E-state index in [1.165, 1.54) is 4.68 Å². The number of rotatable bonds is 4. The maximum absolute atomic E-state index is 12.5. The van der Waals surface area contributed by atoms with Crippen molar-refractivity contribution in [2.75, 3.05) is 7.05 Å². The van der Waals surface area contributed by atoms with Crippen LogP contribution in [0.15, 0.2) is 36.7 Å². The maximum Gasteiger partial charge on any atom is 0.419 e. The van der Waals surface area contributed by atoms with Crippen LogP contribution in [0.1, 0.15) is 30.5 Å². The number of nitrogens with zero attached hydrogens (tertiary/aromatic N) is 2. The third-order valence-electron chi connectivity index (χ3n) is 3.23. The summed E-state index contributed by atoms with van der Waals surface area (Å²) in [4.78, 5) is 0. The van der Waals surface area contributed by atoms with Crippen molar-refractivity contribution in [3.05, 3.63) is 47.8 Å². The molecule has 0 aliphatic rings. The lowest BCUT2D eigenvalue weighted by atomic mass is 10.0. The Labute approximate surface area is 115 Å². The number of hydrogen-bond donors (Lipinski definition) is 1. The van der Waals surface area contributed by atoms with Gasteiger partial charge >= 0.3 is 6.18 Å². The van der Waals surface area contributed by atoms with Crippen molar-refractivity contribution in [2.45, 2.75) is 25.6 Å². The van der Waals surface area contributed by atoms with Crippen LogP contribution in [-0.4, -0.2) is 16.8 Å². The molecule has 0 saturated carbocycles. The van der Waals surface area contributed by atoms with E-state index in [1.54, 1.807) is 12.1 Å². The second-order valence-electron chi connectivity index (χ2n) is 4.51. The third kappa shape index (κ3) is 3.01. The second kappa shape index (κ2) is 5.66. The molecule has 6 heteroatoms. The van der Waals surface area contributed by atoms with Gasteiger partial charge < -0.3 is 5.32 Å². The standard InChI is InChI=1S/C14H16F3N3/c1-3-13(18-2)10-4-6-12(7-5-10)20-9-11(8-19-20)14(15,16)17/h4-9,13,18H,3H2,1-2H3. The SMILES string of the molecule is CCC(NC)c1ccc(-n2cc(C(F)(F)F)cn2)cc1. The van der Waals surface area contributed by atoms with Gasteiger partial charge in [-0.1, -0.05) is 19.1 Å². The van der Waals surface area contributed by atoms with Crippen LogP contribution in [0, 0.1) is 0 Å². The fourth-order valence-corrected chi connectivity index (χ4v) is 2.08. The van der Waals surface area contributed by atoms with Crippen molar-refractivity contribution in [1.82, 2.24) is 15.1 Å². The fourth-order valence-electron chi connectivity index (χ4n) is 2.08. The number of benzene rings is 1. The highest BCUT2D eigenvalue weighted by Crippen LogP contribution is 2.29. The van der Waals surface area contributed by atoms with Crippen LogP contribution < -0.4 is 5.32 Å². The van der Waals surface area contributed by atoms with Crippen molar-refractivity contribution < 1.29 is 13.2 Å². The highest BCUT2D eigenvalue weighted by Gasteiger charge is 2.32. The Morgan fingerprint density at radius 1 is 1.25 bits per heavy atom. The van der Waals surface area contributed by atoms with E-state index in [4.69, 9.17) is 0 Å².